The van der Waals surface area contributed by atoms with E-state index in [1.807, 2.05) is 11.0 Å². The van der Waals surface area contributed by atoms with E-state index in [0.717, 1.165) is 19.5 Å². The van der Waals surface area contributed by atoms with E-state index in [1.165, 1.54) is 4.90 Å². The van der Waals surface area contributed by atoms with E-state index in [-0.39, 0.29) is 19.0 Å². The van der Waals surface area contributed by atoms with Crippen molar-refractivity contribution in [2.24, 2.45) is 17.8 Å². The molecule has 0 saturated carbocycles. The zero-order valence-corrected chi connectivity index (χ0v) is 12.6. The molecule has 2 heterocycles. The minimum absolute atomic E-state index is 0.0649. The van der Waals surface area contributed by atoms with Crippen LogP contribution >= 0.6 is 0 Å². The molecule has 20 heavy (non-hydrogen) atoms. The molecule has 0 N–H and O–H groups in total. The molecule has 0 bridgehead atoms. The van der Waals surface area contributed by atoms with E-state index in [2.05, 4.69) is 20.8 Å². The number of rotatable bonds is 1. The summed E-state index contributed by atoms with van der Waals surface area (Å²) in [5, 5.41) is 9.05. The second-order valence-corrected chi connectivity index (χ2v) is 6.53. The predicted octanol–water partition coefficient (Wildman–Crippen LogP) is 2.66. The summed E-state index contributed by atoms with van der Waals surface area (Å²) in [6, 6.07) is 1.29. The van der Waals surface area contributed by atoms with Crippen LogP contribution in [0.5, 0.6) is 0 Å². The van der Waals surface area contributed by atoms with Crippen molar-refractivity contribution in [1.29, 1.82) is 5.26 Å². The van der Waals surface area contributed by atoms with Crippen molar-refractivity contribution in [3.05, 3.63) is 0 Å². The van der Waals surface area contributed by atoms with Crippen LogP contribution in [-0.2, 0) is 0 Å². The third kappa shape index (κ3) is 2.89. The summed E-state index contributed by atoms with van der Waals surface area (Å²) in [6.07, 6.45) is 0.0758. The van der Waals surface area contributed by atoms with E-state index in [4.69, 9.17) is 5.26 Å². The third-order valence-corrected chi connectivity index (χ3v) is 4.79. The number of carbonyl (C=O) groups is 1. The lowest BCUT2D eigenvalue weighted by molar-refractivity contribution is 0.0911. The van der Waals surface area contributed by atoms with Gasteiger partial charge < -0.3 is 9.80 Å². The molecule has 2 fully saturated rings. The zero-order valence-electron chi connectivity index (χ0n) is 12.6. The van der Waals surface area contributed by atoms with Crippen molar-refractivity contribution in [3.63, 3.8) is 0 Å². The Balaban J connectivity index is 2.04. The van der Waals surface area contributed by atoms with Crippen LogP contribution in [0.2, 0.25) is 0 Å². The van der Waals surface area contributed by atoms with Crippen molar-refractivity contribution in [2.75, 3.05) is 19.6 Å². The molecule has 5 heteroatoms. The fourth-order valence-corrected chi connectivity index (χ4v) is 3.44. The van der Waals surface area contributed by atoms with Crippen LogP contribution in [0.4, 0.5) is 9.18 Å². The van der Waals surface area contributed by atoms with Crippen molar-refractivity contribution in [3.8, 4) is 6.07 Å². The molecule has 0 aromatic rings. The summed E-state index contributed by atoms with van der Waals surface area (Å²) in [6.45, 7) is 8.10. The van der Waals surface area contributed by atoms with Gasteiger partial charge in [-0.25, -0.2) is 9.18 Å². The minimum Gasteiger partial charge on any atom is -0.324 e. The van der Waals surface area contributed by atoms with Crippen LogP contribution < -0.4 is 0 Å². The number of halogens is 1. The lowest BCUT2D eigenvalue weighted by Gasteiger charge is -2.40. The Morgan fingerprint density at radius 3 is 2.70 bits per heavy atom. The molecule has 2 rings (SSSR count). The number of amides is 2. The van der Waals surface area contributed by atoms with Gasteiger partial charge in [-0.15, -0.1) is 0 Å². The Morgan fingerprint density at radius 1 is 1.40 bits per heavy atom. The topological polar surface area (TPSA) is 47.3 Å². The molecular weight excluding hydrogens is 257 g/mol. The highest BCUT2D eigenvalue weighted by atomic mass is 19.1. The van der Waals surface area contributed by atoms with Crippen LogP contribution in [0.25, 0.3) is 0 Å². The molecule has 2 saturated heterocycles. The summed E-state index contributed by atoms with van der Waals surface area (Å²) in [5.41, 5.74) is 0. The molecule has 0 spiro atoms. The molecule has 2 aliphatic rings. The van der Waals surface area contributed by atoms with Gasteiger partial charge in [0.2, 0.25) is 0 Å². The number of carbonyl (C=O) groups excluding carboxylic acids is 1. The molecule has 2 amide bonds. The molecular formula is C15H24FN3O. The van der Waals surface area contributed by atoms with Gasteiger partial charge in [0, 0.05) is 19.5 Å². The van der Waals surface area contributed by atoms with Crippen molar-refractivity contribution in [1.82, 2.24) is 9.80 Å². The first-order valence-electron chi connectivity index (χ1n) is 7.53. The molecule has 0 unspecified atom stereocenters. The maximum atomic E-state index is 13.4. The van der Waals surface area contributed by atoms with Gasteiger partial charge in [-0.2, -0.15) is 5.26 Å². The Labute approximate surface area is 120 Å². The molecule has 0 aliphatic carbocycles. The second kappa shape index (κ2) is 5.99. The average Bonchev–Trinajstić information content (AvgIpc) is 2.79. The monoisotopic (exact) mass is 281 g/mol. The van der Waals surface area contributed by atoms with Gasteiger partial charge in [-0.1, -0.05) is 20.8 Å². The fourth-order valence-electron chi connectivity index (χ4n) is 3.44. The fraction of sp³-hybridized carbons (Fsp3) is 0.867. The SMILES string of the molecule is CC(C)[C@H]1CN(C(=O)N2C[C@@H](F)C[C@H]2C#N)CC[C@H]1C. The third-order valence-electron chi connectivity index (χ3n) is 4.79. The normalized spacial score (nSPS) is 34.4. The van der Waals surface area contributed by atoms with E-state index < -0.39 is 12.2 Å². The Morgan fingerprint density at radius 2 is 2.10 bits per heavy atom. The largest absolute Gasteiger partial charge is 0.324 e. The number of likely N-dealkylation sites (tertiary alicyclic amines) is 2. The van der Waals surface area contributed by atoms with Crippen LogP contribution in [-0.4, -0.2) is 47.7 Å². The highest BCUT2D eigenvalue weighted by Crippen LogP contribution is 2.31. The smallest absolute Gasteiger partial charge is 0.321 e. The van der Waals surface area contributed by atoms with Crippen molar-refractivity contribution < 1.29 is 9.18 Å². The quantitative estimate of drug-likeness (QED) is 0.742. The minimum atomic E-state index is -1.06. The molecule has 4 atom stereocenters. The number of piperidine rings is 1. The lowest BCUT2D eigenvalue weighted by atomic mass is 9.80. The number of hydrogen-bond donors (Lipinski definition) is 0. The van der Waals surface area contributed by atoms with Crippen LogP contribution in [0.3, 0.4) is 0 Å². The van der Waals surface area contributed by atoms with Crippen molar-refractivity contribution in [2.45, 2.75) is 45.8 Å². The molecule has 0 radical (unpaired) electrons. The van der Waals surface area contributed by atoms with Crippen LogP contribution in [0.15, 0.2) is 0 Å². The van der Waals surface area contributed by atoms with Gasteiger partial charge in [-0.05, 0) is 24.2 Å². The Hall–Kier alpha value is -1.31. The second-order valence-electron chi connectivity index (χ2n) is 6.53. The molecule has 112 valence electrons. The van der Waals surface area contributed by atoms with E-state index in [0.29, 0.717) is 17.8 Å². The maximum absolute atomic E-state index is 13.4. The molecule has 2 aliphatic heterocycles. The number of alkyl halides is 1. The molecule has 4 nitrogen and oxygen atoms in total. The number of nitrogens with zero attached hydrogens (tertiary/aromatic N) is 3. The summed E-state index contributed by atoms with van der Waals surface area (Å²) in [4.78, 5) is 15.8. The van der Waals surface area contributed by atoms with Gasteiger partial charge in [0.1, 0.15) is 12.2 Å². The van der Waals surface area contributed by atoms with Gasteiger partial charge in [0.05, 0.1) is 12.6 Å². The van der Waals surface area contributed by atoms with Gasteiger partial charge in [-0.3, -0.25) is 0 Å². The highest BCUT2D eigenvalue weighted by Gasteiger charge is 2.39. The number of hydrogen-bond acceptors (Lipinski definition) is 2. The molecule has 0 aromatic heterocycles. The first-order chi connectivity index (χ1) is 9.43. The summed E-state index contributed by atoms with van der Waals surface area (Å²) in [5.74, 6) is 1.62. The van der Waals surface area contributed by atoms with Crippen LogP contribution in [0.1, 0.15) is 33.6 Å². The van der Waals surface area contributed by atoms with Crippen LogP contribution in [0, 0.1) is 29.1 Å². The predicted molar refractivity (Wildman–Crippen MR) is 74.7 cm³/mol. The standard InChI is InChI=1S/C15H24FN3O/c1-10(2)14-9-18(5-4-11(14)3)15(20)19-8-12(16)6-13(19)7-17/h10-14H,4-6,8-9H2,1-3H3/t11-,12+,13+,14-/m1/s1. The summed E-state index contributed by atoms with van der Waals surface area (Å²) >= 11 is 0. The van der Waals surface area contributed by atoms with E-state index in [1.54, 1.807) is 0 Å². The molecule has 0 aromatic carbocycles. The number of nitriles is 1. The summed E-state index contributed by atoms with van der Waals surface area (Å²) < 4.78 is 13.4. The van der Waals surface area contributed by atoms with E-state index in [9.17, 15) is 9.18 Å². The van der Waals surface area contributed by atoms with Gasteiger partial charge in [0.15, 0.2) is 0 Å². The van der Waals surface area contributed by atoms with Gasteiger partial charge in [0.25, 0.3) is 0 Å². The highest BCUT2D eigenvalue weighted by molar-refractivity contribution is 5.75. The number of urea groups is 1. The zero-order chi connectivity index (χ0) is 14.9. The first-order valence-corrected chi connectivity index (χ1v) is 7.53. The summed E-state index contributed by atoms with van der Waals surface area (Å²) in [7, 11) is 0. The average molecular weight is 281 g/mol. The Kier molecular flexibility index (Phi) is 4.52. The van der Waals surface area contributed by atoms with E-state index >= 15 is 0 Å². The van der Waals surface area contributed by atoms with Crippen molar-refractivity contribution >= 4 is 6.03 Å². The lowest BCUT2D eigenvalue weighted by Crippen LogP contribution is -2.51. The van der Waals surface area contributed by atoms with Gasteiger partial charge >= 0.3 is 6.03 Å². The first kappa shape index (κ1) is 15.1. The maximum Gasteiger partial charge on any atom is 0.321 e. The Bertz CT molecular complexity index is 406.